The maximum Gasteiger partial charge on any atom is 0.239 e. The summed E-state index contributed by atoms with van der Waals surface area (Å²) in [4.78, 5) is 16.1. The van der Waals surface area contributed by atoms with E-state index in [0.717, 1.165) is 26.2 Å². The van der Waals surface area contributed by atoms with Crippen LogP contribution in [0.2, 0.25) is 0 Å². The summed E-state index contributed by atoms with van der Waals surface area (Å²) in [5.74, 6) is 0.270. The highest BCUT2D eigenvalue weighted by Gasteiger charge is 2.30. The molecule has 2 rings (SSSR count). The third kappa shape index (κ3) is 3.21. The molecule has 104 valence electrons. The third-order valence-electron chi connectivity index (χ3n) is 3.71. The quantitative estimate of drug-likeness (QED) is 0.667. The second kappa shape index (κ2) is 5.54. The van der Waals surface area contributed by atoms with E-state index in [1.807, 2.05) is 6.92 Å². The number of hydrogen-bond acceptors (Lipinski definition) is 5. The van der Waals surface area contributed by atoms with Gasteiger partial charge in [-0.3, -0.25) is 9.69 Å². The maximum absolute atomic E-state index is 12.3. The van der Waals surface area contributed by atoms with Gasteiger partial charge in [0.25, 0.3) is 0 Å². The van der Waals surface area contributed by atoms with Crippen molar-refractivity contribution in [2.45, 2.75) is 13.0 Å². The Morgan fingerprint density at radius 1 is 1.11 bits per heavy atom. The van der Waals surface area contributed by atoms with E-state index < -0.39 is 9.84 Å². The largest absolute Gasteiger partial charge is 0.339 e. The van der Waals surface area contributed by atoms with Crippen molar-refractivity contribution in [3.63, 3.8) is 0 Å². The zero-order valence-electron chi connectivity index (χ0n) is 10.8. The van der Waals surface area contributed by atoms with E-state index in [1.54, 1.807) is 4.90 Å². The Balaban J connectivity index is 1.90. The first-order chi connectivity index (χ1) is 8.49. The molecular formula is C11H21N3O3S. The van der Waals surface area contributed by atoms with Crippen LogP contribution in [0.5, 0.6) is 0 Å². The minimum Gasteiger partial charge on any atom is -0.339 e. The van der Waals surface area contributed by atoms with Crippen molar-refractivity contribution in [2.24, 2.45) is 0 Å². The number of amides is 1. The molecule has 1 unspecified atom stereocenters. The van der Waals surface area contributed by atoms with Crippen LogP contribution in [0.4, 0.5) is 0 Å². The van der Waals surface area contributed by atoms with Crippen molar-refractivity contribution in [2.75, 3.05) is 50.8 Å². The molecule has 0 spiro atoms. The van der Waals surface area contributed by atoms with E-state index in [0.29, 0.717) is 13.1 Å². The standard InChI is InChI=1S/C11H21N3O3S/c1-10(13-4-2-12-3-5-13)11(15)14-6-8-18(16,17)9-7-14/h10,12H,2-9H2,1H3. The summed E-state index contributed by atoms with van der Waals surface area (Å²) in [6, 6.07) is -0.145. The van der Waals surface area contributed by atoms with Crippen LogP contribution < -0.4 is 5.32 Å². The number of carbonyl (C=O) groups is 1. The fraction of sp³-hybridized carbons (Fsp3) is 0.909. The van der Waals surface area contributed by atoms with E-state index >= 15 is 0 Å². The first kappa shape index (κ1) is 13.8. The summed E-state index contributed by atoms with van der Waals surface area (Å²) in [7, 11) is -2.92. The number of sulfone groups is 1. The average molecular weight is 275 g/mol. The maximum atomic E-state index is 12.3. The van der Waals surface area contributed by atoms with Crippen molar-refractivity contribution in [3.05, 3.63) is 0 Å². The number of nitrogens with zero attached hydrogens (tertiary/aromatic N) is 2. The lowest BCUT2D eigenvalue weighted by Crippen LogP contribution is -2.55. The summed E-state index contributed by atoms with van der Waals surface area (Å²) < 4.78 is 22.7. The molecule has 0 bridgehead atoms. The van der Waals surface area contributed by atoms with Crippen LogP contribution in [0.1, 0.15) is 6.92 Å². The Bertz CT molecular complexity index is 390. The molecule has 0 radical (unpaired) electrons. The summed E-state index contributed by atoms with van der Waals surface area (Å²) >= 11 is 0. The molecule has 1 atom stereocenters. The summed E-state index contributed by atoms with van der Waals surface area (Å²) in [5, 5.41) is 3.25. The highest BCUT2D eigenvalue weighted by Crippen LogP contribution is 2.09. The molecule has 1 N–H and O–H groups in total. The van der Waals surface area contributed by atoms with Gasteiger partial charge in [-0.2, -0.15) is 0 Å². The minimum atomic E-state index is -2.92. The highest BCUT2D eigenvalue weighted by atomic mass is 32.2. The first-order valence-corrected chi connectivity index (χ1v) is 8.26. The monoisotopic (exact) mass is 275 g/mol. The number of nitrogens with one attached hydrogen (secondary N) is 1. The number of piperazine rings is 1. The second-order valence-corrected chi connectivity index (χ2v) is 7.24. The van der Waals surface area contributed by atoms with Crippen molar-refractivity contribution in [1.82, 2.24) is 15.1 Å². The van der Waals surface area contributed by atoms with Crippen molar-refractivity contribution in [3.8, 4) is 0 Å². The molecule has 2 heterocycles. The van der Waals surface area contributed by atoms with Gasteiger partial charge in [0, 0.05) is 39.3 Å². The van der Waals surface area contributed by atoms with E-state index in [2.05, 4.69) is 10.2 Å². The zero-order chi connectivity index (χ0) is 13.2. The molecule has 0 aromatic rings. The number of rotatable bonds is 2. The lowest BCUT2D eigenvalue weighted by molar-refractivity contribution is -0.136. The fourth-order valence-corrected chi connectivity index (χ4v) is 3.62. The molecular weight excluding hydrogens is 254 g/mol. The Kier molecular flexibility index (Phi) is 4.24. The van der Waals surface area contributed by atoms with Gasteiger partial charge in [0.15, 0.2) is 9.84 Å². The Hall–Kier alpha value is -0.660. The highest BCUT2D eigenvalue weighted by molar-refractivity contribution is 7.91. The molecule has 0 saturated carbocycles. The number of hydrogen-bond donors (Lipinski definition) is 1. The van der Waals surface area contributed by atoms with Crippen LogP contribution in [0.15, 0.2) is 0 Å². The first-order valence-electron chi connectivity index (χ1n) is 6.43. The smallest absolute Gasteiger partial charge is 0.239 e. The summed E-state index contributed by atoms with van der Waals surface area (Å²) in [6.45, 7) is 6.17. The Morgan fingerprint density at radius 2 is 1.67 bits per heavy atom. The molecule has 0 aromatic heterocycles. The molecule has 1 amide bonds. The van der Waals surface area contributed by atoms with Gasteiger partial charge in [-0.1, -0.05) is 0 Å². The van der Waals surface area contributed by atoms with Gasteiger partial charge in [-0.15, -0.1) is 0 Å². The van der Waals surface area contributed by atoms with Gasteiger partial charge in [-0.25, -0.2) is 8.42 Å². The van der Waals surface area contributed by atoms with Crippen LogP contribution in [-0.2, 0) is 14.6 Å². The van der Waals surface area contributed by atoms with Gasteiger partial charge in [-0.05, 0) is 6.92 Å². The van der Waals surface area contributed by atoms with Gasteiger partial charge in [0.05, 0.1) is 17.5 Å². The number of carbonyl (C=O) groups excluding carboxylic acids is 1. The lowest BCUT2D eigenvalue weighted by atomic mass is 10.2. The predicted molar refractivity (Wildman–Crippen MR) is 69.1 cm³/mol. The van der Waals surface area contributed by atoms with Crippen molar-refractivity contribution >= 4 is 15.7 Å². The minimum absolute atomic E-state index is 0.0619. The third-order valence-corrected chi connectivity index (χ3v) is 5.32. The molecule has 2 fully saturated rings. The molecule has 2 aliphatic rings. The van der Waals surface area contributed by atoms with Gasteiger partial charge in [0.2, 0.25) is 5.91 Å². The summed E-state index contributed by atoms with van der Waals surface area (Å²) in [5.41, 5.74) is 0. The zero-order valence-corrected chi connectivity index (χ0v) is 11.6. The van der Waals surface area contributed by atoms with E-state index in [1.165, 1.54) is 0 Å². The van der Waals surface area contributed by atoms with Crippen molar-refractivity contribution in [1.29, 1.82) is 0 Å². The van der Waals surface area contributed by atoms with E-state index in [4.69, 9.17) is 0 Å². The Labute approximate surface area is 108 Å². The van der Waals surface area contributed by atoms with Crippen molar-refractivity contribution < 1.29 is 13.2 Å². The van der Waals surface area contributed by atoms with E-state index in [-0.39, 0.29) is 23.5 Å². The molecule has 6 nitrogen and oxygen atoms in total. The van der Waals surface area contributed by atoms with Crippen LogP contribution in [0.3, 0.4) is 0 Å². The second-order valence-electron chi connectivity index (χ2n) is 4.94. The van der Waals surface area contributed by atoms with Crippen LogP contribution in [0, 0.1) is 0 Å². The van der Waals surface area contributed by atoms with Crippen LogP contribution >= 0.6 is 0 Å². The molecule has 0 aromatic carbocycles. The predicted octanol–water partition coefficient (Wildman–Crippen LogP) is -1.46. The van der Waals surface area contributed by atoms with Crippen LogP contribution in [-0.4, -0.2) is 80.9 Å². The Morgan fingerprint density at radius 3 is 2.22 bits per heavy atom. The SMILES string of the molecule is CC(C(=O)N1CCS(=O)(=O)CC1)N1CCNCC1. The normalized spacial score (nSPS) is 26.8. The molecule has 2 saturated heterocycles. The topological polar surface area (TPSA) is 69.7 Å². The summed E-state index contributed by atoms with van der Waals surface area (Å²) in [6.07, 6.45) is 0. The molecule has 18 heavy (non-hydrogen) atoms. The molecule has 2 aliphatic heterocycles. The van der Waals surface area contributed by atoms with Gasteiger partial charge >= 0.3 is 0 Å². The fourth-order valence-electron chi connectivity index (χ4n) is 2.42. The molecule has 0 aliphatic carbocycles. The lowest BCUT2D eigenvalue weighted by Gasteiger charge is -2.36. The average Bonchev–Trinajstić information content (AvgIpc) is 2.38. The van der Waals surface area contributed by atoms with Gasteiger partial charge in [0.1, 0.15) is 0 Å². The van der Waals surface area contributed by atoms with Gasteiger partial charge < -0.3 is 10.2 Å². The van der Waals surface area contributed by atoms with Crippen LogP contribution in [0.25, 0.3) is 0 Å². The molecule has 7 heteroatoms. The van der Waals surface area contributed by atoms with E-state index in [9.17, 15) is 13.2 Å².